The smallest absolute Gasteiger partial charge is 0.480 e. The second-order valence-corrected chi connectivity index (χ2v) is 9.19. The summed E-state index contributed by atoms with van der Waals surface area (Å²) in [5.74, 6) is -2.24. The molecule has 0 spiro atoms. The first kappa shape index (κ1) is 26.5. The van der Waals surface area contributed by atoms with E-state index in [2.05, 4.69) is 14.4 Å². The van der Waals surface area contributed by atoms with Crippen molar-refractivity contribution in [1.82, 2.24) is 5.32 Å². The summed E-state index contributed by atoms with van der Waals surface area (Å²) < 4.78 is 30.5. The molecule has 2 aromatic carbocycles. The van der Waals surface area contributed by atoms with Gasteiger partial charge in [0.1, 0.15) is 17.5 Å². The average Bonchev–Trinajstić information content (AvgIpc) is 2.68. The van der Waals surface area contributed by atoms with Gasteiger partial charge in [0.15, 0.2) is 0 Å². The third kappa shape index (κ3) is 9.72. The third-order valence-corrected chi connectivity index (χ3v) is 5.04. The molecule has 0 heterocycles. The first-order valence-electron chi connectivity index (χ1n) is 9.19. The van der Waals surface area contributed by atoms with Gasteiger partial charge in [0.05, 0.1) is 6.04 Å². The lowest BCUT2D eigenvalue weighted by Gasteiger charge is -2.18. The maximum absolute atomic E-state index is 12.4. The average molecular weight is 504 g/mol. The maximum atomic E-state index is 12.4. The molecule has 0 saturated carbocycles. The van der Waals surface area contributed by atoms with Crippen LogP contribution < -0.4 is 20.1 Å². The van der Waals surface area contributed by atoms with Crippen LogP contribution in [0.4, 0.5) is 0 Å². The highest BCUT2D eigenvalue weighted by atomic mass is 31.2. The van der Waals surface area contributed by atoms with Crippen LogP contribution in [0, 0.1) is 0 Å². The monoisotopic (exact) mass is 504 g/mol. The molecule has 13 nitrogen and oxygen atoms in total. The minimum atomic E-state index is -4.72. The first-order valence-corrected chi connectivity index (χ1v) is 12.2. The second kappa shape index (κ2) is 10.9. The number of aliphatic carboxylic acids is 1. The molecule has 33 heavy (non-hydrogen) atoms. The van der Waals surface area contributed by atoms with Crippen molar-refractivity contribution in [3.05, 3.63) is 59.7 Å². The number of nitrogens with one attached hydrogen (secondary N) is 1. The van der Waals surface area contributed by atoms with Gasteiger partial charge < -0.3 is 25.2 Å². The minimum absolute atomic E-state index is 0.0166. The van der Waals surface area contributed by atoms with Gasteiger partial charge in [-0.2, -0.15) is 0 Å². The number of phosphoric acid groups is 2. The largest absolute Gasteiger partial charge is 0.524 e. The van der Waals surface area contributed by atoms with Crippen molar-refractivity contribution in [2.45, 2.75) is 24.9 Å². The van der Waals surface area contributed by atoms with Gasteiger partial charge >= 0.3 is 21.6 Å². The summed E-state index contributed by atoms with van der Waals surface area (Å²) in [5.41, 5.74) is 6.86. The first-order chi connectivity index (χ1) is 15.2. The number of phosphoric ester groups is 2. The number of benzene rings is 2. The fraction of sp³-hybridized carbons (Fsp3) is 0.222. The Kier molecular flexibility index (Phi) is 8.76. The van der Waals surface area contributed by atoms with Crippen LogP contribution in [0.1, 0.15) is 11.1 Å². The van der Waals surface area contributed by atoms with Crippen LogP contribution in [0.3, 0.4) is 0 Å². The predicted molar refractivity (Wildman–Crippen MR) is 113 cm³/mol. The molecule has 180 valence electrons. The molecule has 0 aliphatic rings. The molecule has 2 atom stereocenters. The molecule has 8 N–H and O–H groups in total. The Morgan fingerprint density at radius 3 is 1.58 bits per heavy atom. The van der Waals surface area contributed by atoms with Gasteiger partial charge in [-0.05, 0) is 41.8 Å². The molecule has 0 aliphatic heterocycles. The van der Waals surface area contributed by atoms with Crippen LogP contribution in [0.5, 0.6) is 11.5 Å². The highest BCUT2D eigenvalue weighted by molar-refractivity contribution is 7.47. The summed E-state index contributed by atoms with van der Waals surface area (Å²) in [6.45, 7) is 0. The van der Waals surface area contributed by atoms with Crippen LogP contribution in [-0.4, -0.2) is 48.6 Å². The highest BCUT2D eigenvalue weighted by Crippen LogP contribution is 2.38. The van der Waals surface area contributed by atoms with Crippen molar-refractivity contribution in [2.75, 3.05) is 0 Å². The SMILES string of the molecule is NC(Cc1ccc(OP(=O)(O)O)cc1)C(=O)NC(Cc1ccc(OP(=O)(O)O)cc1)C(=O)O. The Morgan fingerprint density at radius 1 is 0.818 bits per heavy atom. The summed E-state index contributed by atoms with van der Waals surface area (Å²) in [6, 6.07) is 8.35. The van der Waals surface area contributed by atoms with Gasteiger partial charge in [0, 0.05) is 6.42 Å². The Balaban J connectivity index is 1.97. The molecule has 0 aromatic heterocycles. The standard InChI is InChI=1S/C18H22N2O11P2/c19-15(9-11-1-5-13(6-2-11)30-32(24,25)26)17(21)20-16(18(22)23)10-12-3-7-14(8-4-12)31-33(27,28)29/h1-8,15-16H,9-10,19H2,(H,20,21)(H,22,23)(H2,24,25,26)(H2,27,28,29). The van der Waals surface area contributed by atoms with E-state index >= 15 is 0 Å². The summed E-state index contributed by atoms with van der Waals surface area (Å²) in [5, 5.41) is 11.8. The summed E-state index contributed by atoms with van der Waals surface area (Å²) in [6.07, 6.45) is -0.110. The highest BCUT2D eigenvalue weighted by Gasteiger charge is 2.24. The molecular weight excluding hydrogens is 482 g/mol. The van der Waals surface area contributed by atoms with E-state index in [4.69, 9.17) is 25.3 Å². The number of nitrogens with two attached hydrogens (primary N) is 1. The zero-order valence-electron chi connectivity index (χ0n) is 16.8. The number of carboxylic acids is 1. The molecule has 0 radical (unpaired) electrons. The van der Waals surface area contributed by atoms with E-state index < -0.39 is 39.6 Å². The predicted octanol–water partition coefficient (Wildman–Crippen LogP) is 0.311. The van der Waals surface area contributed by atoms with Gasteiger partial charge in [-0.25, -0.2) is 13.9 Å². The zero-order chi connectivity index (χ0) is 24.8. The number of amides is 1. The van der Waals surface area contributed by atoms with E-state index in [1.54, 1.807) is 0 Å². The molecular formula is C18H22N2O11P2. The topological polar surface area (TPSA) is 226 Å². The third-order valence-electron chi connectivity index (χ3n) is 4.14. The molecule has 0 bridgehead atoms. The number of hydrogen-bond donors (Lipinski definition) is 7. The van der Waals surface area contributed by atoms with E-state index in [-0.39, 0.29) is 24.3 Å². The molecule has 0 saturated heterocycles. The number of carboxylic acid groups (broad SMARTS) is 1. The number of hydrogen-bond acceptors (Lipinski definition) is 7. The van der Waals surface area contributed by atoms with Crippen molar-refractivity contribution >= 4 is 27.5 Å². The molecule has 0 aliphatic carbocycles. The van der Waals surface area contributed by atoms with Crippen molar-refractivity contribution in [3.8, 4) is 11.5 Å². The normalized spacial score (nSPS) is 13.6. The van der Waals surface area contributed by atoms with Crippen LogP contribution >= 0.6 is 15.6 Å². The molecule has 0 fully saturated rings. The number of carbonyl (C=O) groups excluding carboxylic acids is 1. The van der Waals surface area contributed by atoms with E-state index in [1.807, 2.05) is 0 Å². The van der Waals surface area contributed by atoms with Crippen LogP contribution in [0.25, 0.3) is 0 Å². The van der Waals surface area contributed by atoms with E-state index in [0.717, 1.165) is 0 Å². The lowest BCUT2D eigenvalue weighted by Crippen LogP contribution is -2.50. The summed E-state index contributed by atoms with van der Waals surface area (Å²) in [4.78, 5) is 59.1. The van der Waals surface area contributed by atoms with Crippen LogP contribution in [0.2, 0.25) is 0 Å². The van der Waals surface area contributed by atoms with Crippen molar-refractivity contribution < 1.29 is 52.4 Å². The van der Waals surface area contributed by atoms with Crippen molar-refractivity contribution in [3.63, 3.8) is 0 Å². The van der Waals surface area contributed by atoms with E-state index in [9.17, 15) is 23.8 Å². The Bertz CT molecular complexity index is 1060. The molecule has 2 unspecified atom stereocenters. The fourth-order valence-corrected chi connectivity index (χ4v) is 3.50. The number of carbonyl (C=O) groups is 2. The zero-order valence-corrected chi connectivity index (χ0v) is 18.6. The Hall–Kier alpha value is -2.76. The Morgan fingerprint density at radius 2 is 1.21 bits per heavy atom. The quantitative estimate of drug-likeness (QED) is 0.205. The summed E-state index contributed by atoms with van der Waals surface area (Å²) in [7, 11) is -9.42. The Labute approximate surface area is 187 Å². The maximum Gasteiger partial charge on any atom is 0.524 e. The fourth-order valence-electron chi connectivity index (χ4n) is 2.71. The molecule has 2 aromatic rings. The lowest BCUT2D eigenvalue weighted by atomic mass is 10.0. The van der Waals surface area contributed by atoms with E-state index in [1.165, 1.54) is 48.5 Å². The van der Waals surface area contributed by atoms with Crippen molar-refractivity contribution in [1.29, 1.82) is 0 Å². The summed E-state index contributed by atoms with van der Waals surface area (Å²) >= 11 is 0. The van der Waals surface area contributed by atoms with E-state index in [0.29, 0.717) is 11.1 Å². The lowest BCUT2D eigenvalue weighted by molar-refractivity contribution is -0.142. The van der Waals surface area contributed by atoms with Crippen LogP contribution in [-0.2, 0) is 31.6 Å². The second-order valence-electron chi connectivity index (χ2n) is 6.87. The van der Waals surface area contributed by atoms with Gasteiger partial charge in [0.2, 0.25) is 5.91 Å². The van der Waals surface area contributed by atoms with Crippen LogP contribution in [0.15, 0.2) is 48.5 Å². The van der Waals surface area contributed by atoms with Gasteiger partial charge in [-0.15, -0.1) is 0 Å². The van der Waals surface area contributed by atoms with Gasteiger partial charge in [-0.1, -0.05) is 24.3 Å². The van der Waals surface area contributed by atoms with Gasteiger partial charge in [-0.3, -0.25) is 24.4 Å². The number of rotatable bonds is 11. The van der Waals surface area contributed by atoms with Gasteiger partial charge in [0.25, 0.3) is 0 Å². The molecule has 15 heteroatoms. The molecule has 1 amide bonds. The minimum Gasteiger partial charge on any atom is -0.480 e. The van der Waals surface area contributed by atoms with Crippen molar-refractivity contribution in [2.24, 2.45) is 5.73 Å². The molecule has 2 rings (SSSR count).